The highest BCUT2D eigenvalue weighted by Crippen LogP contribution is 2.12. The molecule has 2 rings (SSSR count). The second kappa shape index (κ2) is 7.15. The molecule has 6 nitrogen and oxygen atoms in total. The first-order valence-electron chi connectivity index (χ1n) is 7.15. The molecule has 3 N–H and O–H groups in total. The Morgan fingerprint density at radius 2 is 1.52 bits per heavy atom. The molecule has 122 valence electrons. The highest BCUT2D eigenvalue weighted by molar-refractivity contribution is 7.91. The van der Waals surface area contributed by atoms with E-state index in [9.17, 15) is 13.2 Å². The monoisotopic (exact) mass is 333 g/mol. The summed E-state index contributed by atoms with van der Waals surface area (Å²) >= 11 is 0. The Balaban J connectivity index is 1.96. The SMILES string of the molecule is CCc1ccc(NS(=O)(=O)NC(=O)Nc2ccc(C)cc2)cc1. The molecule has 0 saturated heterocycles. The summed E-state index contributed by atoms with van der Waals surface area (Å²) < 4.78 is 28.1. The Morgan fingerprint density at radius 3 is 2.09 bits per heavy atom. The van der Waals surface area contributed by atoms with Gasteiger partial charge in [-0.05, 0) is 43.2 Å². The second-order valence-electron chi connectivity index (χ2n) is 5.08. The summed E-state index contributed by atoms with van der Waals surface area (Å²) in [5.74, 6) is 0. The van der Waals surface area contributed by atoms with E-state index in [-0.39, 0.29) is 0 Å². The van der Waals surface area contributed by atoms with Gasteiger partial charge in [-0.25, -0.2) is 9.52 Å². The lowest BCUT2D eigenvalue weighted by Crippen LogP contribution is -2.38. The quantitative estimate of drug-likeness (QED) is 0.786. The zero-order valence-electron chi connectivity index (χ0n) is 13.0. The molecule has 2 aromatic rings. The molecule has 2 amide bonds. The van der Waals surface area contributed by atoms with E-state index in [0.29, 0.717) is 11.4 Å². The van der Waals surface area contributed by atoms with Crippen molar-refractivity contribution in [3.05, 3.63) is 59.7 Å². The van der Waals surface area contributed by atoms with Gasteiger partial charge in [-0.15, -0.1) is 0 Å². The number of hydrogen-bond donors (Lipinski definition) is 3. The molecule has 2 aromatic carbocycles. The summed E-state index contributed by atoms with van der Waals surface area (Å²) in [5.41, 5.74) is 3.03. The fourth-order valence-corrected chi connectivity index (χ4v) is 2.70. The first kappa shape index (κ1) is 16.8. The van der Waals surface area contributed by atoms with E-state index in [0.717, 1.165) is 17.5 Å². The lowest BCUT2D eigenvalue weighted by atomic mass is 10.2. The third-order valence-electron chi connectivity index (χ3n) is 3.15. The summed E-state index contributed by atoms with van der Waals surface area (Å²) in [5, 5.41) is 2.46. The molecule has 0 aromatic heterocycles. The molecule has 0 aliphatic carbocycles. The standard InChI is InChI=1S/C16H19N3O3S/c1-3-13-6-10-15(11-7-13)18-23(21,22)19-16(20)17-14-8-4-12(2)5-9-14/h4-11,18H,3H2,1-2H3,(H2,17,19,20). The molecule has 0 aliphatic heterocycles. The minimum Gasteiger partial charge on any atom is -0.307 e. The van der Waals surface area contributed by atoms with Gasteiger partial charge in [-0.3, -0.25) is 4.72 Å². The molecule has 0 saturated carbocycles. The molecule has 0 fully saturated rings. The first-order chi connectivity index (χ1) is 10.9. The average molecular weight is 333 g/mol. The summed E-state index contributed by atoms with van der Waals surface area (Å²) in [4.78, 5) is 11.8. The van der Waals surface area contributed by atoms with Gasteiger partial charge in [0.1, 0.15) is 0 Å². The molecule has 0 bridgehead atoms. The van der Waals surface area contributed by atoms with Gasteiger partial charge in [-0.1, -0.05) is 36.8 Å². The van der Waals surface area contributed by atoms with Crippen LogP contribution in [0, 0.1) is 6.92 Å². The fourth-order valence-electron chi connectivity index (χ4n) is 1.90. The van der Waals surface area contributed by atoms with Gasteiger partial charge >= 0.3 is 16.2 Å². The van der Waals surface area contributed by atoms with Crippen molar-refractivity contribution in [1.29, 1.82) is 0 Å². The average Bonchev–Trinajstić information content (AvgIpc) is 2.49. The smallest absolute Gasteiger partial charge is 0.307 e. The van der Waals surface area contributed by atoms with Crippen LogP contribution >= 0.6 is 0 Å². The van der Waals surface area contributed by atoms with Crippen molar-refractivity contribution in [3.63, 3.8) is 0 Å². The van der Waals surface area contributed by atoms with Gasteiger partial charge in [0, 0.05) is 5.69 Å². The van der Waals surface area contributed by atoms with Crippen LogP contribution in [0.1, 0.15) is 18.1 Å². The minimum atomic E-state index is -3.99. The number of amides is 2. The van der Waals surface area contributed by atoms with Gasteiger partial charge < -0.3 is 5.32 Å². The van der Waals surface area contributed by atoms with Crippen LogP contribution in [0.15, 0.2) is 48.5 Å². The van der Waals surface area contributed by atoms with Gasteiger partial charge in [-0.2, -0.15) is 8.42 Å². The normalized spacial score (nSPS) is 10.9. The summed E-state index contributed by atoms with van der Waals surface area (Å²) in [7, 11) is -3.99. The maximum atomic E-state index is 11.9. The van der Waals surface area contributed by atoms with Crippen LogP contribution in [0.3, 0.4) is 0 Å². The highest BCUT2D eigenvalue weighted by Gasteiger charge is 2.14. The van der Waals surface area contributed by atoms with Crippen LogP contribution in [-0.2, 0) is 16.6 Å². The van der Waals surface area contributed by atoms with Crippen molar-refractivity contribution < 1.29 is 13.2 Å². The Hall–Kier alpha value is -2.54. The number of carbonyl (C=O) groups excluding carboxylic acids is 1. The summed E-state index contributed by atoms with van der Waals surface area (Å²) in [6, 6.07) is 13.1. The Kier molecular flexibility index (Phi) is 5.23. The molecule has 0 unspecified atom stereocenters. The highest BCUT2D eigenvalue weighted by atomic mass is 32.2. The first-order valence-corrected chi connectivity index (χ1v) is 8.63. The van der Waals surface area contributed by atoms with Crippen molar-refractivity contribution >= 4 is 27.6 Å². The van der Waals surface area contributed by atoms with Crippen molar-refractivity contribution in [2.45, 2.75) is 20.3 Å². The maximum Gasteiger partial charge on any atom is 0.334 e. The molecule has 0 heterocycles. The zero-order valence-corrected chi connectivity index (χ0v) is 13.8. The molecule has 0 aliphatic rings. The van der Waals surface area contributed by atoms with E-state index < -0.39 is 16.2 Å². The van der Waals surface area contributed by atoms with Crippen molar-refractivity contribution in [2.24, 2.45) is 0 Å². The number of benzene rings is 2. The van der Waals surface area contributed by atoms with Crippen LogP contribution in [0.2, 0.25) is 0 Å². The number of urea groups is 1. The molecule has 23 heavy (non-hydrogen) atoms. The van der Waals surface area contributed by atoms with E-state index in [1.807, 2.05) is 42.8 Å². The summed E-state index contributed by atoms with van der Waals surface area (Å²) in [6.07, 6.45) is 0.865. The van der Waals surface area contributed by atoms with Crippen molar-refractivity contribution in [1.82, 2.24) is 4.72 Å². The number of hydrogen-bond acceptors (Lipinski definition) is 3. The van der Waals surface area contributed by atoms with Crippen molar-refractivity contribution in [3.8, 4) is 0 Å². The number of anilines is 2. The van der Waals surface area contributed by atoms with E-state index in [4.69, 9.17) is 0 Å². The second-order valence-corrected chi connectivity index (χ2v) is 6.49. The molecule has 7 heteroatoms. The van der Waals surface area contributed by atoms with E-state index in [1.165, 1.54) is 0 Å². The van der Waals surface area contributed by atoms with Crippen LogP contribution in [0.4, 0.5) is 16.2 Å². The lowest BCUT2D eigenvalue weighted by molar-refractivity contribution is 0.256. The van der Waals surface area contributed by atoms with E-state index in [2.05, 4.69) is 10.0 Å². The van der Waals surface area contributed by atoms with Crippen molar-refractivity contribution in [2.75, 3.05) is 10.0 Å². The third-order valence-corrected chi connectivity index (χ3v) is 4.11. The van der Waals surface area contributed by atoms with E-state index >= 15 is 0 Å². The van der Waals surface area contributed by atoms with E-state index in [1.54, 1.807) is 24.3 Å². The van der Waals surface area contributed by atoms with Crippen LogP contribution in [-0.4, -0.2) is 14.4 Å². The summed E-state index contributed by atoms with van der Waals surface area (Å²) in [6.45, 7) is 3.93. The molecule has 0 atom stereocenters. The Labute approximate surface area is 136 Å². The minimum absolute atomic E-state index is 0.387. The predicted molar refractivity (Wildman–Crippen MR) is 91.7 cm³/mol. The molecular formula is C16H19N3O3S. The lowest BCUT2D eigenvalue weighted by Gasteiger charge is -2.11. The zero-order chi connectivity index (χ0) is 16.9. The Morgan fingerprint density at radius 1 is 0.957 bits per heavy atom. The van der Waals surface area contributed by atoms with Crippen LogP contribution in [0.5, 0.6) is 0 Å². The molecule has 0 spiro atoms. The van der Waals surface area contributed by atoms with Gasteiger partial charge in [0.25, 0.3) is 0 Å². The fraction of sp³-hybridized carbons (Fsp3) is 0.188. The number of aryl methyl sites for hydroxylation is 2. The number of rotatable bonds is 5. The number of carbonyl (C=O) groups is 1. The van der Waals surface area contributed by atoms with Gasteiger partial charge in [0.05, 0.1) is 5.69 Å². The number of nitrogens with one attached hydrogen (secondary N) is 3. The maximum absolute atomic E-state index is 11.9. The van der Waals surface area contributed by atoms with Crippen LogP contribution in [0.25, 0.3) is 0 Å². The van der Waals surface area contributed by atoms with Gasteiger partial charge in [0.2, 0.25) is 0 Å². The predicted octanol–water partition coefficient (Wildman–Crippen LogP) is 3.04. The molecular weight excluding hydrogens is 314 g/mol. The molecule has 0 radical (unpaired) electrons. The third kappa shape index (κ3) is 5.30. The van der Waals surface area contributed by atoms with Crippen LogP contribution < -0.4 is 14.8 Å². The largest absolute Gasteiger partial charge is 0.334 e. The Bertz CT molecular complexity index is 769. The van der Waals surface area contributed by atoms with Gasteiger partial charge in [0.15, 0.2) is 0 Å². The topological polar surface area (TPSA) is 87.3 Å².